The number of thioether (sulfide) groups is 1. The minimum Gasteiger partial charge on any atom is -0.324 e. The molecule has 0 spiro atoms. The summed E-state index contributed by atoms with van der Waals surface area (Å²) in [5, 5.41) is 6.11. The van der Waals surface area contributed by atoms with Crippen molar-refractivity contribution in [2.45, 2.75) is 11.3 Å². The zero-order valence-corrected chi connectivity index (χ0v) is 20.1. The number of hydrogen-bond donors (Lipinski definition) is 2. The van der Waals surface area contributed by atoms with Crippen LogP contribution in [0.5, 0.6) is 0 Å². The summed E-state index contributed by atoms with van der Waals surface area (Å²) in [5.74, 6) is 0.233. The third kappa shape index (κ3) is 4.74. The van der Waals surface area contributed by atoms with E-state index in [1.807, 2.05) is 66.9 Å². The number of carbonyl (C=O) groups is 2. The van der Waals surface area contributed by atoms with Crippen molar-refractivity contribution in [3.63, 3.8) is 0 Å². The quantitative estimate of drug-likeness (QED) is 0.372. The third-order valence-corrected chi connectivity index (χ3v) is 6.60. The molecule has 0 bridgehead atoms. The van der Waals surface area contributed by atoms with Crippen LogP contribution >= 0.6 is 11.8 Å². The van der Waals surface area contributed by atoms with Gasteiger partial charge >= 0.3 is 0 Å². The Morgan fingerprint density at radius 1 is 0.971 bits per heavy atom. The molecule has 0 aliphatic carbocycles. The average molecular weight is 482 g/mol. The van der Waals surface area contributed by atoms with Gasteiger partial charge in [0.1, 0.15) is 0 Å². The largest absolute Gasteiger partial charge is 0.324 e. The van der Waals surface area contributed by atoms with Crippen molar-refractivity contribution < 1.29 is 9.59 Å². The highest BCUT2D eigenvalue weighted by atomic mass is 32.2. The minimum atomic E-state index is -0.180. The molecule has 1 aliphatic heterocycles. The third-order valence-electron chi connectivity index (χ3n) is 5.85. The van der Waals surface area contributed by atoms with Gasteiger partial charge in [-0.05, 0) is 60.9 Å². The normalized spacial score (nSPS) is 12.4. The van der Waals surface area contributed by atoms with Gasteiger partial charge in [-0.2, -0.15) is 0 Å². The summed E-state index contributed by atoms with van der Waals surface area (Å²) in [4.78, 5) is 37.1. The van der Waals surface area contributed by atoms with Crippen LogP contribution in [0.4, 0.5) is 23.0 Å². The molecular formula is C27H23N5O2S. The minimum absolute atomic E-state index is 0.00503. The smallest absolute Gasteiger partial charge is 0.255 e. The molecule has 0 saturated heterocycles. The summed E-state index contributed by atoms with van der Waals surface area (Å²) in [6.07, 6.45) is 3.95. The zero-order chi connectivity index (χ0) is 24.4. The maximum absolute atomic E-state index is 12.6. The predicted octanol–water partition coefficient (Wildman–Crippen LogP) is 5.38. The highest BCUT2D eigenvalue weighted by Gasteiger charge is 2.24. The molecular weight excluding hydrogens is 458 g/mol. The number of hydrogen-bond acceptors (Lipinski definition) is 6. The summed E-state index contributed by atoms with van der Waals surface area (Å²) < 4.78 is 0. The number of rotatable bonds is 5. The lowest BCUT2D eigenvalue weighted by molar-refractivity contribution is -0.117. The molecule has 0 unspecified atom stereocenters. The number of carbonyl (C=O) groups excluding carboxylic acids is 2. The van der Waals surface area contributed by atoms with Crippen LogP contribution in [-0.2, 0) is 11.2 Å². The van der Waals surface area contributed by atoms with E-state index in [4.69, 9.17) is 4.98 Å². The number of anilines is 4. The number of nitrogens with zero attached hydrogens (tertiary/aromatic N) is 3. The van der Waals surface area contributed by atoms with Crippen molar-refractivity contribution in [2.24, 2.45) is 0 Å². The van der Waals surface area contributed by atoms with E-state index in [9.17, 15) is 9.59 Å². The standard InChI is InChI=1S/C27H23N5O2S/c1-32-23-6-4-3-5-22(23)25-18(15-24(32)33)16-28-27(31-25)30-20-9-7-17(8-10-20)26(34)29-19-11-13-21(35-2)14-12-19/h3-14,16H,15H2,1-2H3,(H,29,34)(H,28,30,31). The Balaban J connectivity index is 1.34. The highest BCUT2D eigenvalue weighted by Crippen LogP contribution is 2.35. The summed E-state index contributed by atoms with van der Waals surface area (Å²) in [5.41, 5.74) is 5.27. The van der Waals surface area contributed by atoms with Gasteiger partial charge in [0.05, 0.1) is 17.8 Å². The van der Waals surface area contributed by atoms with Gasteiger partial charge in [-0.15, -0.1) is 11.8 Å². The number of para-hydroxylation sites is 1. The van der Waals surface area contributed by atoms with Crippen LogP contribution in [0, 0.1) is 0 Å². The fraction of sp³-hybridized carbons (Fsp3) is 0.111. The molecule has 0 atom stereocenters. The van der Waals surface area contributed by atoms with Gasteiger partial charge < -0.3 is 15.5 Å². The van der Waals surface area contributed by atoms with Crippen LogP contribution in [0.15, 0.2) is 83.9 Å². The zero-order valence-electron chi connectivity index (χ0n) is 19.3. The van der Waals surface area contributed by atoms with Crippen molar-refractivity contribution in [3.05, 3.63) is 90.1 Å². The van der Waals surface area contributed by atoms with Crippen molar-refractivity contribution >= 4 is 46.6 Å². The van der Waals surface area contributed by atoms with Gasteiger partial charge in [-0.1, -0.05) is 18.2 Å². The molecule has 3 aromatic carbocycles. The van der Waals surface area contributed by atoms with Crippen molar-refractivity contribution in [3.8, 4) is 11.3 Å². The van der Waals surface area contributed by atoms with Crippen LogP contribution < -0.4 is 15.5 Å². The molecule has 8 heteroatoms. The number of benzene rings is 3. The molecule has 0 fully saturated rings. The van der Waals surface area contributed by atoms with Gasteiger partial charge in [-0.25, -0.2) is 9.97 Å². The van der Waals surface area contributed by atoms with Crippen LogP contribution in [0.1, 0.15) is 15.9 Å². The Kier molecular flexibility index (Phi) is 6.20. The summed E-state index contributed by atoms with van der Waals surface area (Å²) in [6, 6.07) is 22.6. The second kappa shape index (κ2) is 9.60. The van der Waals surface area contributed by atoms with Crippen LogP contribution in [0.25, 0.3) is 11.3 Å². The molecule has 5 rings (SSSR count). The Morgan fingerprint density at radius 3 is 2.43 bits per heavy atom. The van der Waals surface area contributed by atoms with E-state index in [0.29, 0.717) is 11.5 Å². The number of amides is 2. The second-order valence-electron chi connectivity index (χ2n) is 8.10. The van der Waals surface area contributed by atoms with Crippen molar-refractivity contribution in [1.29, 1.82) is 0 Å². The fourth-order valence-corrected chi connectivity index (χ4v) is 4.33. The van der Waals surface area contributed by atoms with E-state index in [0.717, 1.165) is 38.8 Å². The molecule has 2 amide bonds. The molecule has 35 heavy (non-hydrogen) atoms. The molecule has 174 valence electrons. The second-order valence-corrected chi connectivity index (χ2v) is 8.98. The van der Waals surface area contributed by atoms with E-state index < -0.39 is 0 Å². The Labute approximate surface area is 207 Å². The lowest BCUT2D eigenvalue weighted by Gasteiger charge is -2.16. The van der Waals surface area contributed by atoms with Crippen LogP contribution in [-0.4, -0.2) is 35.1 Å². The molecule has 1 aliphatic rings. The number of likely N-dealkylation sites (N-methyl/N-ethyl adjacent to an activating group) is 1. The Morgan fingerprint density at radius 2 is 1.69 bits per heavy atom. The molecule has 2 heterocycles. The van der Waals surface area contributed by atoms with Gasteiger partial charge in [0.15, 0.2) is 0 Å². The van der Waals surface area contributed by atoms with Crippen LogP contribution in [0.2, 0.25) is 0 Å². The van der Waals surface area contributed by atoms with E-state index in [1.165, 1.54) is 0 Å². The Hall–Kier alpha value is -4.17. The SMILES string of the molecule is CSc1ccc(NC(=O)c2ccc(Nc3ncc4c(n3)-c3ccccc3N(C)C(=O)C4)cc2)cc1. The van der Waals surface area contributed by atoms with E-state index in [2.05, 4.69) is 15.6 Å². The number of aromatic nitrogens is 2. The number of fused-ring (bicyclic) bond motifs is 3. The first-order chi connectivity index (χ1) is 17.0. The Bertz CT molecular complexity index is 1400. The van der Waals surface area contributed by atoms with Crippen molar-refractivity contribution in [1.82, 2.24) is 9.97 Å². The van der Waals surface area contributed by atoms with Gasteiger partial charge in [0.2, 0.25) is 11.9 Å². The topological polar surface area (TPSA) is 87.2 Å². The first kappa shape index (κ1) is 22.6. The lowest BCUT2D eigenvalue weighted by Crippen LogP contribution is -2.26. The average Bonchev–Trinajstić information content (AvgIpc) is 2.99. The molecule has 4 aromatic rings. The van der Waals surface area contributed by atoms with Gasteiger partial charge in [0, 0.05) is 46.2 Å². The molecule has 0 radical (unpaired) electrons. The monoisotopic (exact) mass is 481 g/mol. The molecule has 0 saturated carbocycles. The lowest BCUT2D eigenvalue weighted by atomic mass is 10.1. The molecule has 2 N–H and O–H groups in total. The first-order valence-electron chi connectivity index (χ1n) is 11.1. The van der Waals surface area contributed by atoms with Crippen molar-refractivity contribution in [2.75, 3.05) is 28.8 Å². The first-order valence-corrected chi connectivity index (χ1v) is 12.3. The summed E-state index contributed by atoms with van der Waals surface area (Å²) in [7, 11) is 1.77. The fourth-order valence-electron chi connectivity index (χ4n) is 3.92. The summed E-state index contributed by atoms with van der Waals surface area (Å²) in [6.45, 7) is 0. The van der Waals surface area contributed by atoms with Gasteiger partial charge in [0.25, 0.3) is 5.91 Å². The highest BCUT2D eigenvalue weighted by molar-refractivity contribution is 7.98. The van der Waals surface area contributed by atoms with Crippen LogP contribution in [0.3, 0.4) is 0 Å². The van der Waals surface area contributed by atoms with E-state index >= 15 is 0 Å². The predicted molar refractivity (Wildman–Crippen MR) is 140 cm³/mol. The van der Waals surface area contributed by atoms with E-state index in [-0.39, 0.29) is 18.2 Å². The number of nitrogens with one attached hydrogen (secondary N) is 2. The molecule has 7 nitrogen and oxygen atoms in total. The molecule has 1 aromatic heterocycles. The summed E-state index contributed by atoms with van der Waals surface area (Å²) >= 11 is 1.65. The maximum Gasteiger partial charge on any atom is 0.255 e. The van der Waals surface area contributed by atoms with E-state index in [1.54, 1.807) is 42.0 Å². The maximum atomic E-state index is 12.6. The van der Waals surface area contributed by atoms with Gasteiger partial charge in [-0.3, -0.25) is 9.59 Å².